The molecule has 1 aliphatic heterocycles. The monoisotopic (exact) mass is 370 g/mol. The van der Waals surface area contributed by atoms with Crippen LogP contribution in [0.2, 0.25) is 0 Å². The number of hydrogen-bond donors (Lipinski definition) is 1. The van der Waals surface area contributed by atoms with E-state index in [9.17, 15) is 14.4 Å². The number of rotatable bonds is 5. The van der Waals surface area contributed by atoms with Gasteiger partial charge in [0.25, 0.3) is 17.7 Å². The van der Waals surface area contributed by atoms with Crippen molar-refractivity contribution in [1.82, 2.24) is 10.2 Å². The number of carbonyl (C=O) groups excluding carboxylic acids is 3. The van der Waals surface area contributed by atoms with E-state index in [1.165, 1.54) is 4.90 Å². The van der Waals surface area contributed by atoms with E-state index in [2.05, 4.69) is 5.32 Å². The van der Waals surface area contributed by atoms with Gasteiger partial charge in [-0.05, 0) is 29.8 Å². The van der Waals surface area contributed by atoms with E-state index in [1.807, 2.05) is 36.4 Å². The van der Waals surface area contributed by atoms with Crippen molar-refractivity contribution in [2.24, 2.45) is 0 Å². The van der Waals surface area contributed by atoms with E-state index in [1.54, 1.807) is 48.5 Å². The highest BCUT2D eigenvalue weighted by Crippen LogP contribution is 2.25. The van der Waals surface area contributed by atoms with Crippen LogP contribution in [0.15, 0.2) is 84.9 Å². The van der Waals surface area contributed by atoms with Crippen LogP contribution in [0, 0.1) is 0 Å². The molecule has 1 atom stereocenters. The quantitative estimate of drug-likeness (QED) is 0.700. The van der Waals surface area contributed by atoms with Gasteiger partial charge in [0.05, 0.1) is 23.7 Å². The molecule has 28 heavy (non-hydrogen) atoms. The van der Waals surface area contributed by atoms with Gasteiger partial charge >= 0.3 is 0 Å². The fourth-order valence-electron chi connectivity index (χ4n) is 3.34. The number of hydrogen-bond acceptors (Lipinski definition) is 3. The average Bonchev–Trinajstić information content (AvgIpc) is 2.99. The van der Waals surface area contributed by atoms with Gasteiger partial charge in [-0.15, -0.1) is 0 Å². The van der Waals surface area contributed by atoms with Crippen molar-refractivity contribution in [2.75, 3.05) is 6.54 Å². The molecule has 5 nitrogen and oxygen atoms in total. The molecular formula is C23H18N2O3. The smallest absolute Gasteiger partial charge is 0.261 e. The molecule has 5 heteroatoms. The van der Waals surface area contributed by atoms with Crippen molar-refractivity contribution in [2.45, 2.75) is 6.04 Å². The number of fused-ring (bicyclic) bond motifs is 1. The van der Waals surface area contributed by atoms with E-state index in [-0.39, 0.29) is 24.3 Å². The van der Waals surface area contributed by atoms with Crippen LogP contribution in [0.3, 0.4) is 0 Å². The van der Waals surface area contributed by atoms with Crippen molar-refractivity contribution in [3.63, 3.8) is 0 Å². The molecule has 138 valence electrons. The van der Waals surface area contributed by atoms with Crippen LogP contribution in [0.25, 0.3) is 0 Å². The molecule has 0 unspecified atom stereocenters. The molecule has 0 spiro atoms. The van der Waals surface area contributed by atoms with Gasteiger partial charge in [-0.2, -0.15) is 0 Å². The van der Waals surface area contributed by atoms with Crippen LogP contribution in [0.5, 0.6) is 0 Å². The van der Waals surface area contributed by atoms with E-state index in [0.717, 1.165) is 5.56 Å². The van der Waals surface area contributed by atoms with Crippen molar-refractivity contribution >= 4 is 17.7 Å². The molecule has 0 fully saturated rings. The molecule has 0 aliphatic carbocycles. The fraction of sp³-hybridized carbons (Fsp3) is 0.0870. The predicted octanol–water partition coefficient (Wildman–Crippen LogP) is 3.45. The van der Waals surface area contributed by atoms with Gasteiger partial charge < -0.3 is 5.32 Å². The van der Waals surface area contributed by atoms with Crippen LogP contribution in [-0.2, 0) is 0 Å². The molecule has 0 radical (unpaired) electrons. The zero-order valence-corrected chi connectivity index (χ0v) is 15.0. The Balaban J connectivity index is 1.61. The summed E-state index contributed by atoms with van der Waals surface area (Å²) in [6.07, 6.45) is 0. The first-order valence-electron chi connectivity index (χ1n) is 9.01. The first-order valence-corrected chi connectivity index (χ1v) is 9.01. The largest absolute Gasteiger partial charge is 0.343 e. The van der Waals surface area contributed by atoms with Gasteiger partial charge in [-0.3, -0.25) is 19.3 Å². The van der Waals surface area contributed by atoms with Gasteiger partial charge in [0.15, 0.2) is 0 Å². The summed E-state index contributed by atoms with van der Waals surface area (Å²) in [6, 6.07) is 24.4. The minimum absolute atomic E-state index is 0.0644. The summed E-state index contributed by atoms with van der Waals surface area (Å²) in [6.45, 7) is 0.0644. The van der Waals surface area contributed by atoms with Crippen LogP contribution >= 0.6 is 0 Å². The van der Waals surface area contributed by atoms with Crippen molar-refractivity contribution in [3.05, 3.63) is 107 Å². The third kappa shape index (κ3) is 3.30. The molecule has 0 saturated heterocycles. The lowest BCUT2D eigenvalue weighted by molar-refractivity contribution is 0.0629. The lowest BCUT2D eigenvalue weighted by Gasteiger charge is -2.24. The molecular weight excluding hydrogens is 352 g/mol. The van der Waals surface area contributed by atoms with E-state index in [0.29, 0.717) is 16.7 Å². The Kier molecular flexibility index (Phi) is 4.72. The SMILES string of the molecule is O=C(N[C@@H](CN1C(=O)c2ccccc2C1=O)c1ccccc1)c1ccccc1. The zero-order valence-electron chi connectivity index (χ0n) is 15.0. The summed E-state index contributed by atoms with van der Waals surface area (Å²) in [5.41, 5.74) is 2.14. The van der Waals surface area contributed by atoms with Crippen LogP contribution in [-0.4, -0.2) is 29.2 Å². The third-order valence-electron chi connectivity index (χ3n) is 4.79. The number of imide groups is 1. The second-order valence-corrected chi connectivity index (χ2v) is 6.57. The first-order chi connectivity index (χ1) is 13.6. The van der Waals surface area contributed by atoms with Gasteiger partial charge in [0, 0.05) is 5.56 Å². The second kappa shape index (κ2) is 7.48. The summed E-state index contributed by atoms with van der Waals surface area (Å²) in [7, 11) is 0. The molecule has 1 aliphatic rings. The molecule has 3 aromatic rings. The highest BCUT2D eigenvalue weighted by molar-refractivity contribution is 6.21. The van der Waals surface area contributed by atoms with Gasteiger partial charge in [0.1, 0.15) is 0 Å². The summed E-state index contributed by atoms with van der Waals surface area (Å²) in [4.78, 5) is 39.3. The molecule has 0 bridgehead atoms. The van der Waals surface area contributed by atoms with Crippen LogP contribution in [0.1, 0.15) is 42.7 Å². The van der Waals surface area contributed by atoms with E-state index >= 15 is 0 Å². The molecule has 1 heterocycles. The third-order valence-corrected chi connectivity index (χ3v) is 4.79. The van der Waals surface area contributed by atoms with Crippen molar-refractivity contribution in [3.8, 4) is 0 Å². The number of nitrogens with zero attached hydrogens (tertiary/aromatic N) is 1. The minimum atomic E-state index is -0.517. The topological polar surface area (TPSA) is 66.5 Å². The summed E-state index contributed by atoms with van der Waals surface area (Å²) in [5, 5.41) is 2.96. The molecule has 3 aromatic carbocycles. The van der Waals surface area contributed by atoms with E-state index < -0.39 is 6.04 Å². The van der Waals surface area contributed by atoms with Crippen LogP contribution < -0.4 is 5.32 Å². The fourth-order valence-corrected chi connectivity index (χ4v) is 3.34. The van der Waals surface area contributed by atoms with E-state index in [4.69, 9.17) is 0 Å². The average molecular weight is 370 g/mol. The second-order valence-electron chi connectivity index (χ2n) is 6.57. The molecule has 4 rings (SSSR count). The predicted molar refractivity (Wildman–Crippen MR) is 105 cm³/mol. The number of amides is 3. The van der Waals surface area contributed by atoms with Gasteiger partial charge in [0.2, 0.25) is 0 Å². The Labute approximate surface area is 162 Å². The van der Waals surface area contributed by atoms with Crippen LogP contribution in [0.4, 0.5) is 0 Å². The Morgan fingerprint density at radius 3 is 1.82 bits per heavy atom. The Morgan fingerprint density at radius 2 is 1.25 bits per heavy atom. The summed E-state index contributed by atoms with van der Waals surface area (Å²) in [5.74, 6) is -0.933. The van der Waals surface area contributed by atoms with Crippen molar-refractivity contribution in [1.29, 1.82) is 0 Å². The minimum Gasteiger partial charge on any atom is -0.343 e. The van der Waals surface area contributed by atoms with Gasteiger partial charge in [-0.1, -0.05) is 60.7 Å². The molecule has 0 aromatic heterocycles. The maximum Gasteiger partial charge on any atom is 0.261 e. The highest BCUT2D eigenvalue weighted by Gasteiger charge is 2.36. The molecule has 0 saturated carbocycles. The lowest BCUT2D eigenvalue weighted by Crippen LogP contribution is -2.40. The Hall–Kier alpha value is -3.73. The maximum absolute atomic E-state index is 12.7. The number of carbonyl (C=O) groups is 3. The number of nitrogens with one attached hydrogen (secondary N) is 1. The standard InChI is InChI=1S/C23H18N2O3/c26-21(17-11-5-2-6-12-17)24-20(16-9-3-1-4-10-16)15-25-22(27)18-13-7-8-14-19(18)23(25)28/h1-14,20H,15H2,(H,24,26)/t20-/m0/s1. The summed E-state index contributed by atoms with van der Waals surface area (Å²) < 4.78 is 0. The first kappa shape index (κ1) is 17.7. The zero-order chi connectivity index (χ0) is 19.5. The molecule has 1 N–H and O–H groups in total. The number of benzene rings is 3. The maximum atomic E-state index is 12.7. The lowest BCUT2D eigenvalue weighted by atomic mass is 10.1. The van der Waals surface area contributed by atoms with Gasteiger partial charge in [-0.25, -0.2) is 0 Å². The highest BCUT2D eigenvalue weighted by atomic mass is 16.2. The normalized spacial score (nSPS) is 13.9. The Bertz CT molecular complexity index is 997. The summed E-state index contributed by atoms with van der Waals surface area (Å²) >= 11 is 0. The molecule has 3 amide bonds. The Morgan fingerprint density at radius 1 is 0.750 bits per heavy atom. The van der Waals surface area contributed by atoms with Crippen molar-refractivity contribution < 1.29 is 14.4 Å².